The van der Waals surface area contributed by atoms with Gasteiger partial charge in [0.25, 0.3) is 0 Å². The lowest BCUT2D eigenvalue weighted by Crippen LogP contribution is -2.22. The maximum Gasteiger partial charge on any atom is 0.709 e. The Bertz CT molecular complexity index is 265. The standard InChI is InChI=1S/C3H2BCl2N3O3/c5-1-7-2(6)9-3(8-1)12-4(10)11/h10-11H. The average molecular weight is 210 g/mol. The second-order valence-electron chi connectivity index (χ2n) is 1.60. The van der Waals surface area contributed by atoms with Gasteiger partial charge in [-0.1, -0.05) is 0 Å². The predicted molar refractivity (Wildman–Crippen MR) is 40.7 cm³/mol. The van der Waals surface area contributed by atoms with Crippen molar-refractivity contribution in [2.45, 2.75) is 0 Å². The summed E-state index contributed by atoms with van der Waals surface area (Å²) in [5.74, 6) is 0. The van der Waals surface area contributed by atoms with E-state index in [-0.39, 0.29) is 16.6 Å². The Kier molecular flexibility index (Phi) is 3.04. The highest BCUT2D eigenvalue weighted by Crippen LogP contribution is 2.10. The molecule has 1 aromatic rings. The highest BCUT2D eigenvalue weighted by Gasteiger charge is 2.14. The number of nitrogens with zero attached hydrogens (tertiary/aromatic N) is 3. The van der Waals surface area contributed by atoms with Crippen molar-refractivity contribution in [2.24, 2.45) is 0 Å². The molecular formula is C3H2BCl2N3O3. The van der Waals surface area contributed by atoms with Crippen molar-refractivity contribution in [2.75, 3.05) is 0 Å². The van der Waals surface area contributed by atoms with Crippen molar-refractivity contribution in [3.8, 4) is 6.01 Å². The molecule has 0 radical (unpaired) electrons. The molecule has 0 aliphatic heterocycles. The minimum atomic E-state index is -2.01. The van der Waals surface area contributed by atoms with Crippen LogP contribution >= 0.6 is 23.2 Å². The van der Waals surface area contributed by atoms with Gasteiger partial charge in [-0.2, -0.15) is 15.0 Å². The summed E-state index contributed by atoms with van der Waals surface area (Å²) in [6.07, 6.45) is 0. The first-order valence-corrected chi connectivity index (χ1v) is 3.43. The zero-order valence-electron chi connectivity index (χ0n) is 5.48. The topological polar surface area (TPSA) is 88.4 Å². The van der Waals surface area contributed by atoms with E-state index in [4.69, 9.17) is 33.2 Å². The third kappa shape index (κ3) is 2.78. The van der Waals surface area contributed by atoms with E-state index in [0.717, 1.165) is 0 Å². The fourth-order valence-corrected chi connectivity index (χ4v) is 0.804. The first-order valence-electron chi connectivity index (χ1n) is 2.68. The molecule has 0 unspecified atom stereocenters. The Balaban J connectivity index is 2.85. The van der Waals surface area contributed by atoms with Gasteiger partial charge in [0, 0.05) is 0 Å². The molecule has 0 saturated carbocycles. The summed E-state index contributed by atoms with van der Waals surface area (Å²) in [6, 6.07) is -0.352. The number of hydrogen-bond donors (Lipinski definition) is 2. The van der Waals surface area contributed by atoms with E-state index >= 15 is 0 Å². The Morgan fingerprint density at radius 1 is 1.08 bits per heavy atom. The Morgan fingerprint density at radius 3 is 2.00 bits per heavy atom. The number of halogens is 2. The molecular weight excluding hydrogens is 208 g/mol. The summed E-state index contributed by atoms with van der Waals surface area (Å²) in [5, 5.41) is 16.3. The second-order valence-corrected chi connectivity index (χ2v) is 2.28. The third-order valence-electron chi connectivity index (χ3n) is 0.771. The van der Waals surface area contributed by atoms with Crippen molar-refractivity contribution in [3.05, 3.63) is 10.6 Å². The van der Waals surface area contributed by atoms with Crippen LogP contribution in [-0.2, 0) is 0 Å². The fraction of sp³-hybridized carbons (Fsp3) is 0. The maximum absolute atomic E-state index is 8.33. The molecule has 64 valence electrons. The normalized spacial score (nSPS) is 9.67. The van der Waals surface area contributed by atoms with Gasteiger partial charge in [-0.25, -0.2) is 0 Å². The number of rotatable bonds is 2. The van der Waals surface area contributed by atoms with Gasteiger partial charge in [-0.05, 0) is 23.2 Å². The van der Waals surface area contributed by atoms with E-state index in [1.54, 1.807) is 0 Å². The van der Waals surface area contributed by atoms with Crippen LogP contribution in [0, 0.1) is 0 Å². The number of hydrogen-bond acceptors (Lipinski definition) is 6. The molecule has 0 amide bonds. The SMILES string of the molecule is OB(O)Oc1nc(Cl)nc(Cl)n1. The molecule has 1 rings (SSSR count). The molecule has 6 nitrogen and oxygen atoms in total. The van der Waals surface area contributed by atoms with Gasteiger partial charge < -0.3 is 14.7 Å². The van der Waals surface area contributed by atoms with Crippen LogP contribution in [0.1, 0.15) is 0 Å². The molecule has 2 N–H and O–H groups in total. The van der Waals surface area contributed by atoms with E-state index in [1.165, 1.54) is 0 Å². The van der Waals surface area contributed by atoms with Gasteiger partial charge in [0.05, 0.1) is 0 Å². The monoisotopic (exact) mass is 209 g/mol. The van der Waals surface area contributed by atoms with Crippen LogP contribution in [0.4, 0.5) is 0 Å². The summed E-state index contributed by atoms with van der Waals surface area (Å²) >= 11 is 10.7. The minimum absolute atomic E-state index is 0.189. The zero-order chi connectivity index (χ0) is 9.14. The predicted octanol–water partition coefficient (Wildman–Crippen LogP) is -0.473. The summed E-state index contributed by atoms with van der Waals surface area (Å²) in [6.45, 7) is 0. The first-order chi connectivity index (χ1) is 5.58. The molecule has 0 aliphatic rings. The Morgan fingerprint density at radius 2 is 1.58 bits per heavy atom. The van der Waals surface area contributed by atoms with Crippen LogP contribution in [0.3, 0.4) is 0 Å². The molecule has 0 spiro atoms. The summed E-state index contributed by atoms with van der Waals surface area (Å²) in [5.41, 5.74) is 0. The van der Waals surface area contributed by atoms with Gasteiger partial charge in [0.2, 0.25) is 10.6 Å². The first kappa shape index (κ1) is 9.46. The van der Waals surface area contributed by atoms with Crippen LogP contribution in [0.5, 0.6) is 6.01 Å². The lowest BCUT2D eigenvalue weighted by Gasteiger charge is -2.01. The van der Waals surface area contributed by atoms with Gasteiger partial charge >= 0.3 is 13.3 Å². The van der Waals surface area contributed by atoms with Crippen LogP contribution in [0.25, 0.3) is 0 Å². The molecule has 12 heavy (non-hydrogen) atoms. The molecule has 0 saturated heterocycles. The van der Waals surface area contributed by atoms with Crippen LogP contribution in [0.15, 0.2) is 0 Å². The van der Waals surface area contributed by atoms with Gasteiger partial charge in [-0.3, -0.25) is 0 Å². The van der Waals surface area contributed by atoms with Crippen molar-refractivity contribution in [1.29, 1.82) is 0 Å². The molecule has 0 bridgehead atoms. The van der Waals surface area contributed by atoms with Crippen molar-refractivity contribution in [3.63, 3.8) is 0 Å². The Hall–Kier alpha value is -0.625. The molecule has 9 heteroatoms. The fourth-order valence-electron chi connectivity index (χ4n) is 0.456. The van der Waals surface area contributed by atoms with Crippen LogP contribution < -0.4 is 4.65 Å². The Labute approximate surface area is 77.3 Å². The molecule has 0 aromatic carbocycles. The smallest absolute Gasteiger partial charge is 0.483 e. The van der Waals surface area contributed by atoms with Crippen molar-refractivity contribution >= 4 is 30.5 Å². The van der Waals surface area contributed by atoms with Crippen LogP contribution in [0.2, 0.25) is 10.6 Å². The molecule has 1 heterocycles. The maximum atomic E-state index is 8.33. The van der Waals surface area contributed by atoms with Crippen molar-refractivity contribution in [1.82, 2.24) is 15.0 Å². The third-order valence-corrected chi connectivity index (χ3v) is 1.11. The van der Waals surface area contributed by atoms with Crippen LogP contribution in [-0.4, -0.2) is 32.3 Å². The average Bonchev–Trinajstić information content (AvgIpc) is 1.81. The van der Waals surface area contributed by atoms with E-state index < -0.39 is 7.32 Å². The quantitative estimate of drug-likeness (QED) is 0.641. The van der Waals surface area contributed by atoms with Crippen molar-refractivity contribution < 1.29 is 14.7 Å². The summed E-state index contributed by atoms with van der Waals surface area (Å²) in [4.78, 5) is 10.2. The summed E-state index contributed by atoms with van der Waals surface area (Å²) in [7, 11) is -2.01. The van der Waals surface area contributed by atoms with E-state index in [9.17, 15) is 0 Å². The largest absolute Gasteiger partial charge is 0.709 e. The molecule has 0 aliphatic carbocycles. The lowest BCUT2D eigenvalue weighted by molar-refractivity contribution is 0.277. The van der Waals surface area contributed by atoms with Gasteiger partial charge in [-0.15, -0.1) is 0 Å². The lowest BCUT2D eigenvalue weighted by atomic mass is 10.3. The highest BCUT2D eigenvalue weighted by atomic mass is 35.5. The number of aromatic nitrogens is 3. The van der Waals surface area contributed by atoms with Gasteiger partial charge in [0.15, 0.2) is 0 Å². The van der Waals surface area contributed by atoms with E-state index in [0.29, 0.717) is 0 Å². The highest BCUT2D eigenvalue weighted by molar-refractivity contribution is 6.34. The van der Waals surface area contributed by atoms with E-state index in [1.807, 2.05) is 0 Å². The second kappa shape index (κ2) is 3.86. The molecule has 0 fully saturated rings. The van der Waals surface area contributed by atoms with Gasteiger partial charge in [0.1, 0.15) is 0 Å². The summed E-state index contributed by atoms with van der Waals surface area (Å²) < 4.78 is 4.26. The van der Waals surface area contributed by atoms with E-state index in [2.05, 4.69) is 19.6 Å². The minimum Gasteiger partial charge on any atom is -0.483 e. The zero-order valence-corrected chi connectivity index (χ0v) is 6.99. The molecule has 0 atom stereocenters. The molecule has 1 aromatic heterocycles.